The smallest absolute Gasteiger partial charge is 0.158 e. The molecule has 0 bridgehead atoms. The van der Waals surface area contributed by atoms with Crippen molar-refractivity contribution in [2.75, 3.05) is 5.75 Å². The molecule has 1 aromatic rings. The van der Waals surface area contributed by atoms with E-state index in [0.717, 1.165) is 12.0 Å². The van der Waals surface area contributed by atoms with E-state index in [4.69, 9.17) is 0 Å². The van der Waals surface area contributed by atoms with E-state index >= 15 is 0 Å². The van der Waals surface area contributed by atoms with E-state index in [1.807, 2.05) is 12.1 Å². The summed E-state index contributed by atoms with van der Waals surface area (Å²) in [7, 11) is 0. The number of allylic oxidation sites excluding steroid dienone is 3. The highest BCUT2D eigenvalue weighted by Crippen LogP contribution is 2.42. The van der Waals surface area contributed by atoms with Crippen molar-refractivity contribution in [1.29, 1.82) is 0 Å². The predicted octanol–water partition coefficient (Wildman–Crippen LogP) is 4.82. The lowest BCUT2D eigenvalue weighted by Crippen LogP contribution is -2.11. The molecule has 1 aliphatic heterocycles. The van der Waals surface area contributed by atoms with E-state index in [9.17, 15) is 8.78 Å². The van der Waals surface area contributed by atoms with Gasteiger partial charge in [0.25, 0.3) is 0 Å². The van der Waals surface area contributed by atoms with Crippen LogP contribution in [0.15, 0.2) is 52.0 Å². The molecule has 3 heteroatoms. The van der Waals surface area contributed by atoms with E-state index < -0.39 is 11.7 Å². The Morgan fingerprint density at radius 1 is 1.22 bits per heavy atom. The number of fused-ring (bicyclic) bond motifs is 1. The molecule has 0 radical (unpaired) electrons. The first kappa shape index (κ1) is 12.0. The van der Waals surface area contributed by atoms with Crippen molar-refractivity contribution < 1.29 is 8.78 Å². The van der Waals surface area contributed by atoms with Gasteiger partial charge in [-0.2, -0.15) is 0 Å². The Hall–Kier alpha value is -1.09. The minimum atomic E-state index is -0.607. The topological polar surface area (TPSA) is 0 Å². The van der Waals surface area contributed by atoms with E-state index in [-0.39, 0.29) is 5.92 Å². The number of hydrogen-bond donors (Lipinski definition) is 0. The van der Waals surface area contributed by atoms with Gasteiger partial charge in [-0.3, -0.25) is 0 Å². The zero-order chi connectivity index (χ0) is 12.7. The van der Waals surface area contributed by atoms with E-state index in [0.29, 0.717) is 17.7 Å². The highest BCUT2D eigenvalue weighted by atomic mass is 32.2. The quantitative estimate of drug-likeness (QED) is 0.647. The SMILES string of the molecule is CC1CC2=C(CSc3ccccc3C2)C(F)=C1F. The fourth-order valence-electron chi connectivity index (χ4n) is 2.61. The second-order valence-corrected chi connectivity index (χ2v) is 5.94. The average Bonchev–Trinajstić information content (AvgIpc) is 2.55. The van der Waals surface area contributed by atoms with Gasteiger partial charge in [-0.1, -0.05) is 30.7 Å². The summed E-state index contributed by atoms with van der Waals surface area (Å²) in [4.78, 5) is 1.19. The van der Waals surface area contributed by atoms with Gasteiger partial charge in [-0.15, -0.1) is 11.8 Å². The van der Waals surface area contributed by atoms with Gasteiger partial charge in [0.1, 0.15) is 5.83 Å². The molecule has 1 atom stereocenters. The van der Waals surface area contributed by atoms with Gasteiger partial charge in [0, 0.05) is 22.1 Å². The Labute approximate surface area is 110 Å². The number of halogens is 2. The maximum atomic E-state index is 14.0. The van der Waals surface area contributed by atoms with Crippen LogP contribution < -0.4 is 0 Å². The summed E-state index contributed by atoms with van der Waals surface area (Å²) in [6.07, 6.45) is 1.40. The second-order valence-electron chi connectivity index (χ2n) is 4.92. The Bertz CT molecular complexity index is 557. The van der Waals surface area contributed by atoms with Crippen LogP contribution in [0.4, 0.5) is 8.78 Å². The first-order chi connectivity index (χ1) is 8.66. The number of thioether (sulfide) groups is 1. The lowest BCUT2D eigenvalue weighted by molar-refractivity contribution is 0.429. The van der Waals surface area contributed by atoms with Crippen molar-refractivity contribution in [2.24, 2.45) is 5.92 Å². The molecular weight excluding hydrogens is 250 g/mol. The van der Waals surface area contributed by atoms with Crippen LogP contribution in [-0.2, 0) is 6.42 Å². The maximum absolute atomic E-state index is 14.0. The van der Waals surface area contributed by atoms with E-state index in [2.05, 4.69) is 12.1 Å². The molecule has 0 saturated carbocycles. The number of rotatable bonds is 0. The number of hydrogen-bond acceptors (Lipinski definition) is 1. The molecule has 0 spiro atoms. The molecular formula is C15H14F2S. The molecule has 0 N–H and O–H groups in total. The summed E-state index contributed by atoms with van der Waals surface area (Å²) in [5.74, 6) is -0.957. The minimum absolute atomic E-state index is 0.320. The first-order valence-corrected chi connectivity index (χ1v) is 7.12. The summed E-state index contributed by atoms with van der Waals surface area (Å²) >= 11 is 1.60. The van der Waals surface area contributed by atoms with Gasteiger partial charge in [0.2, 0.25) is 0 Å². The van der Waals surface area contributed by atoms with Crippen molar-refractivity contribution in [3.05, 3.63) is 52.6 Å². The standard InChI is InChI=1S/C15H14F2S/c1-9-6-11-7-10-4-2-3-5-13(10)18-8-12(11)15(17)14(9)16/h2-5,9H,6-8H2,1H3. The van der Waals surface area contributed by atoms with Crippen molar-refractivity contribution in [3.8, 4) is 0 Å². The van der Waals surface area contributed by atoms with Gasteiger partial charge in [0.15, 0.2) is 5.83 Å². The Kier molecular flexibility index (Phi) is 3.02. The molecule has 0 nitrogen and oxygen atoms in total. The number of benzene rings is 1. The molecule has 2 aliphatic rings. The van der Waals surface area contributed by atoms with E-state index in [1.54, 1.807) is 18.7 Å². The molecule has 1 heterocycles. The monoisotopic (exact) mass is 264 g/mol. The van der Waals surface area contributed by atoms with Crippen molar-refractivity contribution in [3.63, 3.8) is 0 Å². The average molecular weight is 264 g/mol. The molecule has 0 aromatic heterocycles. The van der Waals surface area contributed by atoms with Crippen LogP contribution in [0.5, 0.6) is 0 Å². The van der Waals surface area contributed by atoms with Crippen molar-refractivity contribution in [2.45, 2.75) is 24.7 Å². The zero-order valence-corrected chi connectivity index (χ0v) is 11.0. The predicted molar refractivity (Wildman–Crippen MR) is 70.9 cm³/mol. The summed E-state index contributed by atoms with van der Waals surface area (Å²) < 4.78 is 27.7. The van der Waals surface area contributed by atoms with Gasteiger partial charge in [-0.05, 0) is 24.5 Å². The van der Waals surface area contributed by atoms with Crippen LogP contribution in [0.25, 0.3) is 0 Å². The molecule has 0 amide bonds. The van der Waals surface area contributed by atoms with Crippen LogP contribution in [0.1, 0.15) is 18.9 Å². The van der Waals surface area contributed by atoms with Crippen LogP contribution in [0, 0.1) is 5.92 Å². The van der Waals surface area contributed by atoms with Crippen molar-refractivity contribution in [1.82, 2.24) is 0 Å². The third-order valence-electron chi connectivity index (χ3n) is 3.64. The lowest BCUT2D eigenvalue weighted by atomic mass is 9.86. The molecule has 3 rings (SSSR count). The summed E-state index contributed by atoms with van der Waals surface area (Å²) in [6, 6.07) is 8.13. The normalized spacial score (nSPS) is 23.6. The Morgan fingerprint density at radius 3 is 2.83 bits per heavy atom. The molecule has 0 saturated heterocycles. The fourth-order valence-corrected chi connectivity index (χ4v) is 3.74. The zero-order valence-electron chi connectivity index (χ0n) is 10.2. The lowest BCUT2D eigenvalue weighted by Gasteiger charge is -2.21. The highest BCUT2D eigenvalue weighted by molar-refractivity contribution is 7.99. The molecule has 1 aliphatic carbocycles. The van der Waals surface area contributed by atoms with Gasteiger partial charge < -0.3 is 0 Å². The largest absolute Gasteiger partial charge is 0.208 e. The van der Waals surface area contributed by atoms with Crippen LogP contribution in [0.2, 0.25) is 0 Å². The first-order valence-electron chi connectivity index (χ1n) is 6.14. The fraction of sp³-hybridized carbons (Fsp3) is 0.333. The third-order valence-corrected chi connectivity index (χ3v) is 4.78. The van der Waals surface area contributed by atoms with Crippen LogP contribution in [0.3, 0.4) is 0 Å². The molecule has 0 fully saturated rings. The second kappa shape index (κ2) is 4.54. The van der Waals surface area contributed by atoms with Crippen molar-refractivity contribution >= 4 is 11.8 Å². The summed E-state index contributed by atoms with van der Waals surface area (Å²) in [5, 5.41) is 0. The molecule has 94 valence electrons. The van der Waals surface area contributed by atoms with Gasteiger partial charge in [-0.25, -0.2) is 8.78 Å². The molecule has 18 heavy (non-hydrogen) atoms. The highest BCUT2D eigenvalue weighted by Gasteiger charge is 2.29. The summed E-state index contributed by atoms with van der Waals surface area (Å²) in [5.41, 5.74) is 2.89. The minimum Gasteiger partial charge on any atom is -0.208 e. The molecule has 1 unspecified atom stereocenters. The van der Waals surface area contributed by atoms with Crippen LogP contribution >= 0.6 is 11.8 Å². The Morgan fingerprint density at radius 2 is 2.00 bits per heavy atom. The van der Waals surface area contributed by atoms with Gasteiger partial charge in [0.05, 0.1) is 0 Å². The van der Waals surface area contributed by atoms with E-state index in [1.165, 1.54) is 10.5 Å². The Balaban J connectivity index is 2.04. The molecule has 1 aromatic carbocycles. The summed E-state index contributed by atoms with van der Waals surface area (Å²) in [6.45, 7) is 1.75. The third kappa shape index (κ3) is 1.91. The van der Waals surface area contributed by atoms with Gasteiger partial charge >= 0.3 is 0 Å². The van der Waals surface area contributed by atoms with Crippen LogP contribution in [-0.4, -0.2) is 5.75 Å². The maximum Gasteiger partial charge on any atom is 0.158 e.